The number of benzene rings is 1. The van der Waals surface area contributed by atoms with Crippen LogP contribution < -0.4 is 5.32 Å². The Bertz CT molecular complexity index is 538. The lowest BCUT2D eigenvalue weighted by Crippen LogP contribution is -2.00. The van der Waals surface area contributed by atoms with Crippen LogP contribution in [0.4, 0.5) is 10.1 Å². The summed E-state index contributed by atoms with van der Waals surface area (Å²) in [4.78, 5) is 10.2. The predicted molar refractivity (Wildman–Crippen MR) is 60.4 cm³/mol. The molecule has 0 aliphatic heterocycles. The van der Waals surface area contributed by atoms with E-state index in [9.17, 15) is 9.18 Å². The Labute approximate surface area is 97.3 Å². The third-order valence-electron chi connectivity index (χ3n) is 2.33. The van der Waals surface area contributed by atoms with Gasteiger partial charge in [0.15, 0.2) is 0 Å². The molecule has 0 fully saturated rings. The Kier molecular flexibility index (Phi) is 3.13. The first-order valence-electron chi connectivity index (χ1n) is 5.16. The molecule has 0 radical (unpaired) electrons. The van der Waals surface area contributed by atoms with Crippen molar-refractivity contribution in [1.82, 2.24) is 15.0 Å². The number of anilines is 1. The molecular weight excluding hydrogens is 223 g/mol. The van der Waals surface area contributed by atoms with Crippen molar-refractivity contribution >= 4 is 12.1 Å². The monoisotopic (exact) mass is 234 g/mol. The van der Waals surface area contributed by atoms with E-state index < -0.39 is 5.82 Å². The second-order valence-corrected chi connectivity index (χ2v) is 3.43. The lowest BCUT2D eigenvalue weighted by atomic mass is 10.2. The van der Waals surface area contributed by atoms with Crippen LogP contribution in [0.5, 0.6) is 0 Å². The maximum atomic E-state index is 13.5. The average molecular weight is 234 g/mol. The van der Waals surface area contributed by atoms with Crippen LogP contribution in [0.1, 0.15) is 12.6 Å². The second-order valence-electron chi connectivity index (χ2n) is 3.43. The van der Waals surface area contributed by atoms with Gasteiger partial charge in [0.25, 0.3) is 0 Å². The van der Waals surface area contributed by atoms with Gasteiger partial charge < -0.3 is 5.32 Å². The highest BCUT2D eigenvalue weighted by molar-refractivity contribution is 5.71. The highest BCUT2D eigenvalue weighted by Crippen LogP contribution is 2.17. The third-order valence-corrected chi connectivity index (χ3v) is 2.33. The van der Waals surface area contributed by atoms with Crippen molar-refractivity contribution in [2.75, 3.05) is 5.32 Å². The Morgan fingerprint density at radius 1 is 1.53 bits per heavy atom. The number of amides is 1. The SMILES string of the molecule is CCc1cn(-c2ccc(NC=O)c(F)c2)nn1. The van der Waals surface area contributed by atoms with Crippen LogP contribution in [0, 0.1) is 5.82 Å². The van der Waals surface area contributed by atoms with Gasteiger partial charge >= 0.3 is 0 Å². The Morgan fingerprint density at radius 3 is 2.94 bits per heavy atom. The summed E-state index contributed by atoms with van der Waals surface area (Å²) in [6.45, 7) is 1.96. The molecule has 1 aromatic heterocycles. The standard InChI is InChI=1S/C11H11FN4O/c1-2-8-6-16(15-14-8)9-3-4-11(13-7-17)10(12)5-9/h3-7H,2H2,1H3,(H,13,17). The van der Waals surface area contributed by atoms with E-state index in [0.29, 0.717) is 12.1 Å². The van der Waals surface area contributed by atoms with Crippen LogP contribution in [0.15, 0.2) is 24.4 Å². The molecule has 1 N–H and O–H groups in total. The maximum Gasteiger partial charge on any atom is 0.211 e. The largest absolute Gasteiger partial charge is 0.326 e. The minimum Gasteiger partial charge on any atom is -0.326 e. The number of halogens is 1. The third kappa shape index (κ3) is 2.30. The fourth-order valence-corrected chi connectivity index (χ4v) is 1.41. The van der Waals surface area contributed by atoms with E-state index >= 15 is 0 Å². The van der Waals surface area contributed by atoms with E-state index in [-0.39, 0.29) is 5.69 Å². The lowest BCUT2D eigenvalue weighted by molar-refractivity contribution is -0.105. The zero-order chi connectivity index (χ0) is 12.3. The van der Waals surface area contributed by atoms with Gasteiger partial charge in [-0.05, 0) is 18.6 Å². The number of aryl methyl sites for hydroxylation is 1. The molecule has 6 heteroatoms. The van der Waals surface area contributed by atoms with Gasteiger partial charge in [-0.1, -0.05) is 12.1 Å². The highest BCUT2D eigenvalue weighted by Gasteiger charge is 2.06. The molecule has 0 spiro atoms. The zero-order valence-corrected chi connectivity index (χ0v) is 9.22. The minimum atomic E-state index is -0.511. The van der Waals surface area contributed by atoms with Gasteiger partial charge in [-0.25, -0.2) is 9.07 Å². The quantitative estimate of drug-likeness (QED) is 0.816. The normalized spacial score (nSPS) is 10.2. The van der Waals surface area contributed by atoms with Crippen molar-refractivity contribution in [3.8, 4) is 5.69 Å². The molecule has 0 aliphatic carbocycles. The number of nitrogens with zero attached hydrogens (tertiary/aromatic N) is 3. The second kappa shape index (κ2) is 4.73. The summed E-state index contributed by atoms with van der Waals surface area (Å²) in [6.07, 6.45) is 2.94. The minimum absolute atomic E-state index is 0.139. The van der Waals surface area contributed by atoms with Gasteiger partial charge in [-0.3, -0.25) is 4.79 Å². The Balaban J connectivity index is 2.33. The molecule has 0 aliphatic rings. The van der Waals surface area contributed by atoms with Crippen molar-refractivity contribution in [2.45, 2.75) is 13.3 Å². The Morgan fingerprint density at radius 2 is 2.35 bits per heavy atom. The van der Waals surface area contributed by atoms with Crippen LogP contribution >= 0.6 is 0 Å². The molecule has 2 aromatic rings. The predicted octanol–water partition coefficient (Wildman–Crippen LogP) is 1.54. The molecule has 2 rings (SSSR count). The maximum absolute atomic E-state index is 13.5. The topological polar surface area (TPSA) is 59.8 Å². The van der Waals surface area contributed by atoms with Gasteiger partial charge in [-0.15, -0.1) is 5.10 Å². The fourth-order valence-electron chi connectivity index (χ4n) is 1.41. The molecule has 88 valence electrons. The summed E-state index contributed by atoms with van der Waals surface area (Å²) in [5.41, 5.74) is 1.53. The van der Waals surface area contributed by atoms with E-state index in [4.69, 9.17) is 0 Å². The first-order valence-corrected chi connectivity index (χ1v) is 5.16. The van der Waals surface area contributed by atoms with Gasteiger partial charge in [0.2, 0.25) is 6.41 Å². The number of carbonyl (C=O) groups excluding carboxylic acids is 1. The molecule has 0 unspecified atom stereocenters. The molecule has 5 nitrogen and oxygen atoms in total. The fraction of sp³-hybridized carbons (Fsp3) is 0.182. The Hall–Kier alpha value is -2.24. The smallest absolute Gasteiger partial charge is 0.211 e. The number of hydrogen-bond donors (Lipinski definition) is 1. The average Bonchev–Trinajstić information content (AvgIpc) is 2.80. The molecular formula is C11H11FN4O. The molecule has 0 saturated heterocycles. The first kappa shape index (κ1) is 11.3. The van der Waals surface area contributed by atoms with E-state index in [0.717, 1.165) is 12.1 Å². The summed E-state index contributed by atoms with van der Waals surface area (Å²) in [7, 11) is 0. The van der Waals surface area contributed by atoms with Crippen LogP contribution in [0.25, 0.3) is 5.69 Å². The number of rotatable bonds is 4. The molecule has 0 atom stereocenters. The van der Waals surface area contributed by atoms with Gasteiger partial charge in [-0.2, -0.15) is 0 Å². The van der Waals surface area contributed by atoms with E-state index in [1.807, 2.05) is 6.92 Å². The van der Waals surface area contributed by atoms with Crippen LogP contribution in [0.3, 0.4) is 0 Å². The van der Waals surface area contributed by atoms with Gasteiger partial charge in [0.05, 0.1) is 23.3 Å². The first-order chi connectivity index (χ1) is 8.24. The summed E-state index contributed by atoms with van der Waals surface area (Å²) in [5, 5.41) is 10.1. The van der Waals surface area contributed by atoms with Crippen molar-refractivity contribution in [1.29, 1.82) is 0 Å². The van der Waals surface area contributed by atoms with E-state index in [2.05, 4.69) is 15.6 Å². The summed E-state index contributed by atoms with van der Waals surface area (Å²) in [5.74, 6) is -0.511. The number of nitrogens with one attached hydrogen (secondary N) is 1. The van der Waals surface area contributed by atoms with Crippen molar-refractivity contribution < 1.29 is 9.18 Å². The van der Waals surface area contributed by atoms with Gasteiger partial charge in [0.1, 0.15) is 5.82 Å². The zero-order valence-electron chi connectivity index (χ0n) is 9.22. The van der Waals surface area contributed by atoms with E-state index in [1.165, 1.54) is 16.8 Å². The molecule has 0 saturated carbocycles. The van der Waals surface area contributed by atoms with Crippen LogP contribution in [0.2, 0.25) is 0 Å². The van der Waals surface area contributed by atoms with E-state index in [1.54, 1.807) is 12.3 Å². The number of hydrogen-bond acceptors (Lipinski definition) is 3. The van der Waals surface area contributed by atoms with Crippen molar-refractivity contribution in [2.24, 2.45) is 0 Å². The van der Waals surface area contributed by atoms with Crippen molar-refractivity contribution in [3.05, 3.63) is 35.9 Å². The lowest BCUT2D eigenvalue weighted by Gasteiger charge is -2.04. The molecule has 1 heterocycles. The summed E-state index contributed by atoms with van der Waals surface area (Å²) < 4.78 is 15.0. The number of aromatic nitrogens is 3. The summed E-state index contributed by atoms with van der Waals surface area (Å²) in [6, 6.07) is 4.43. The van der Waals surface area contributed by atoms with Gasteiger partial charge in [0, 0.05) is 6.07 Å². The molecule has 1 amide bonds. The molecule has 17 heavy (non-hydrogen) atoms. The molecule has 1 aromatic carbocycles. The molecule has 0 bridgehead atoms. The highest BCUT2D eigenvalue weighted by atomic mass is 19.1. The summed E-state index contributed by atoms with van der Waals surface area (Å²) >= 11 is 0. The van der Waals surface area contributed by atoms with Crippen LogP contribution in [-0.4, -0.2) is 21.4 Å². The van der Waals surface area contributed by atoms with Crippen molar-refractivity contribution in [3.63, 3.8) is 0 Å². The number of carbonyl (C=O) groups is 1. The van der Waals surface area contributed by atoms with Crippen LogP contribution in [-0.2, 0) is 11.2 Å².